The van der Waals surface area contributed by atoms with E-state index in [2.05, 4.69) is 26.6 Å². The predicted molar refractivity (Wildman–Crippen MR) is 81.6 cm³/mol. The molecule has 0 aliphatic rings. The molecule has 0 saturated carbocycles. The molecule has 104 valence electrons. The Morgan fingerprint density at radius 1 is 1.00 bits per heavy atom. The molecule has 5 heteroatoms. The highest BCUT2D eigenvalue weighted by Gasteiger charge is 2.03. The van der Waals surface area contributed by atoms with E-state index in [0.717, 1.165) is 29.5 Å². The molecule has 0 aromatic heterocycles. The lowest BCUT2D eigenvalue weighted by Gasteiger charge is -2.07. The maximum absolute atomic E-state index is 11.6. The molecule has 0 radical (unpaired) electrons. The third-order valence-electron chi connectivity index (χ3n) is 2.56. The van der Waals surface area contributed by atoms with E-state index in [1.165, 1.54) is 0 Å². The normalized spacial score (nSPS) is 10.0. The van der Waals surface area contributed by atoms with Gasteiger partial charge in [0.05, 0.1) is 0 Å². The van der Waals surface area contributed by atoms with Crippen LogP contribution in [0.1, 0.15) is 32.6 Å². The van der Waals surface area contributed by atoms with Crippen molar-refractivity contribution in [1.82, 2.24) is 0 Å². The second kappa shape index (κ2) is 8.69. The van der Waals surface area contributed by atoms with Crippen LogP contribution in [-0.2, 0) is 9.59 Å². The van der Waals surface area contributed by atoms with Gasteiger partial charge >= 0.3 is 0 Å². The van der Waals surface area contributed by atoms with Gasteiger partial charge in [0.1, 0.15) is 0 Å². The molecular weight excluding hydrogens is 308 g/mol. The van der Waals surface area contributed by atoms with Crippen molar-refractivity contribution in [3.05, 3.63) is 24.3 Å². The van der Waals surface area contributed by atoms with Gasteiger partial charge < -0.3 is 10.6 Å². The first-order valence-corrected chi connectivity index (χ1v) is 7.53. The van der Waals surface area contributed by atoms with Crippen LogP contribution in [0.15, 0.2) is 24.3 Å². The fourth-order valence-electron chi connectivity index (χ4n) is 1.49. The van der Waals surface area contributed by atoms with Crippen LogP contribution >= 0.6 is 15.9 Å². The lowest BCUT2D eigenvalue weighted by molar-refractivity contribution is -0.117. The van der Waals surface area contributed by atoms with E-state index in [1.54, 1.807) is 31.2 Å². The fraction of sp³-hybridized carbons (Fsp3) is 0.429. The van der Waals surface area contributed by atoms with Gasteiger partial charge in [0, 0.05) is 29.5 Å². The number of nitrogens with one attached hydrogen (secondary N) is 2. The Kier molecular flexibility index (Phi) is 7.18. The summed E-state index contributed by atoms with van der Waals surface area (Å²) < 4.78 is 0. The average molecular weight is 327 g/mol. The van der Waals surface area contributed by atoms with Gasteiger partial charge in [-0.05, 0) is 37.1 Å². The molecule has 0 spiro atoms. The number of hydrogen-bond donors (Lipinski definition) is 2. The Hall–Kier alpha value is -1.36. The van der Waals surface area contributed by atoms with E-state index in [9.17, 15) is 9.59 Å². The molecule has 1 rings (SSSR count). The number of amides is 2. The maximum Gasteiger partial charge on any atom is 0.224 e. The molecule has 1 aromatic rings. The Morgan fingerprint density at radius 3 is 2.00 bits per heavy atom. The molecular formula is C14H19BrN2O2. The van der Waals surface area contributed by atoms with Crippen LogP contribution in [0.3, 0.4) is 0 Å². The summed E-state index contributed by atoms with van der Waals surface area (Å²) in [5, 5.41) is 6.51. The average Bonchev–Trinajstić information content (AvgIpc) is 2.41. The van der Waals surface area contributed by atoms with Crippen LogP contribution in [0, 0.1) is 0 Å². The second-order valence-electron chi connectivity index (χ2n) is 4.17. The van der Waals surface area contributed by atoms with E-state index in [0.29, 0.717) is 12.8 Å². The molecule has 0 saturated heterocycles. The van der Waals surface area contributed by atoms with Crippen molar-refractivity contribution in [1.29, 1.82) is 0 Å². The van der Waals surface area contributed by atoms with E-state index in [4.69, 9.17) is 0 Å². The van der Waals surface area contributed by atoms with E-state index < -0.39 is 0 Å². The van der Waals surface area contributed by atoms with Crippen molar-refractivity contribution < 1.29 is 9.59 Å². The predicted octanol–water partition coefficient (Wildman–Crippen LogP) is 3.54. The maximum atomic E-state index is 11.6. The van der Waals surface area contributed by atoms with Crippen molar-refractivity contribution in [2.45, 2.75) is 32.6 Å². The molecule has 0 aliphatic carbocycles. The van der Waals surface area contributed by atoms with Gasteiger partial charge in [-0.25, -0.2) is 0 Å². The highest BCUT2D eigenvalue weighted by atomic mass is 79.9. The topological polar surface area (TPSA) is 58.2 Å². The molecule has 0 unspecified atom stereocenters. The van der Waals surface area contributed by atoms with Gasteiger partial charge in [0.2, 0.25) is 11.8 Å². The summed E-state index contributed by atoms with van der Waals surface area (Å²) in [5.41, 5.74) is 1.49. The minimum Gasteiger partial charge on any atom is -0.326 e. The first kappa shape index (κ1) is 15.7. The number of carbonyl (C=O) groups excluding carboxylic acids is 2. The van der Waals surface area contributed by atoms with Crippen LogP contribution in [0.5, 0.6) is 0 Å². The number of anilines is 2. The first-order valence-electron chi connectivity index (χ1n) is 6.41. The van der Waals surface area contributed by atoms with Gasteiger partial charge in [0.25, 0.3) is 0 Å². The van der Waals surface area contributed by atoms with Gasteiger partial charge in [-0.15, -0.1) is 0 Å². The number of hydrogen-bond acceptors (Lipinski definition) is 2. The zero-order valence-corrected chi connectivity index (χ0v) is 12.6. The van der Waals surface area contributed by atoms with Crippen molar-refractivity contribution in [2.75, 3.05) is 16.0 Å². The summed E-state index contributed by atoms with van der Waals surface area (Å²) in [6.07, 6.45) is 2.85. The lowest BCUT2D eigenvalue weighted by Crippen LogP contribution is -2.12. The van der Waals surface area contributed by atoms with Gasteiger partial charge in [0.15, 0.2) is 0 Å². The minimum absolute atomic E-state index is 0.0197. The summed E-state index contributed by atoms with van der Waals surface area (Å²) >= 11 is 3.33. The number of unbranched alkanes of at least 4 members (excludes halogenated alkanes) is 1. The van der Waals surface area contributed by atoms with Crippen molar-refractivity contribution >= 4 is 39.1 Å². The molecule has 4 nitrogen and oxygen atoms in total. The Balaban J connectivity index is 2.43. The molecule has 2 N–H and O–H groups in total. The zero-order chi connectivity index (χ0) is 14.1. The van der Waals surface area contributed by atoms with Crippen LogP contribution < -0.4 is 10.6 Å². The monoisotopic (exact) mass is 326 g/mol. The van der Waals surface area contributed by atoms with E-state index in [1.807, 2.05) is 0 Å². The summed E-state index contributed by atoms with van der Waals surface area (Å²) in [4.78, 5) is 22.8. The van der Waals surface area contributed by atoms with Crippen LogP contribution in [0.4, 0.5) is 11.4 Å². The number of benzene rings is 1. The number of alkyl halides is 1. The van der Waals surface area contributed by atoms with Crippen molar-refractivity contribution in [3.8, 4) is 0 Å². The number of rotatable bonds is 7. The second-order valence-corrected chi connectivity index (χ2v) is 4.97. The van der Waals surface area contributed by atoms with E-state index in [-0.39, 0.29) is 11.8 Å². The van der Waals surface area contributed by atoms with Crippen molar-refractivity contribution in [2.24, 2.45) is 0 Å². The Bertz CT molecular complexity index is 418. The van der Waals surface area contributed by atoms with Crippen LogP contribution in [-0.4, -0.2) is 17.1 Å². The quantitative estimate of drug-likeness (QED) is 0.594. The molecule has 0 bridgehead atoms. The molecule has 0 fully saturated rings. The smallest absolute Gasteiger partial charge is 0.224 e. The lowest BCUT2D eigenvalue weighted by atomic mass is 10.2. The summed E-state index contributed by atoms with van der Waals surface area (Å²) in [6.45, 7) is 1.80. The van der Waals surface area contributed by atoms with Gasteiger partial charge in [-0.1, -0.05) is 22.9 Å². The summed E-state index contributed by atoms with van der Waals surface area (Å²) in [5.74, 6) is -0.00199. The largest absolute Gasteiger partial charge is 0.326 e. The number of carbonyl (C=O) groups is 2. The van der Waals surface area contributed by atoms with Crippen LogP contribution in [0.25, 0.3) is 0 Å². The van der Waals surface area contributed by atoms with Gasteiger partial charge in [-0.3, -0.25) is 9.59 Å². The zero-order valence-electron chi connectivity index (χ0n) is 11.0. The van der Waals surface area contributed by atoms with E-state index >= 15 is 0 Å². The Morgan fingerprint density at radius 2 is 1.53 bits per heavy atom. The van der Waals surface area contributed by atoms with Crippen molar-refractivity contribution in [3.63, 3.8) is 0 Å². The molecule has 0 aliphatic heterocycles. The first-order chi connectivity index (χ1) is 9.15. The number of halogens is 1. The highest BCUT2D eigenvalue weighted by molar-refractivity contribution is 9.09. The minimum atomic E-state index is -0.0217. The SMILES string of the molecule is CCC(=O)Nc1ccc(NC(=O)CCCCBr)cc1. The standard InChI is InChI=1S/C14H19BrN2O2/c1-2-13(18)16-11-6-8-12(9-7-11)17-14(19)5-3-4-10-15/h6-9H,2-5,10H2,1H3,(H,16,18)(H,17,19). The molecule has 19 heavy (non-hydrogen) atoms. The highest BCUT2D eigenvalue weighted by Crippen LogP contribution is 2.14. The molecule has 2 amide bonds. The molecule has 1 aromatic carbocycles. The summed E-state index contributed by atoms with van der Waals surface area (Å²) in [6, 6.07) is 7.13. The van der Waals surface area contributed by atoms with Crippen LogP contribution in [0.2, 0.25) is 0 Å². The Labute approximate surface area is 122 Å². The molecule has 0 atom stereocenters. The summed E-state index contributed by atoms with van der Waals surface area (Å²) in [7, 11) is 0. The molecule has 0 heterocycles. The van der Waals surface area contributed by atoms with Gasteiger partial charge in [-0.2, -0.15) is 0 Å². The third kappa shape index (κ3) is 6.38. The fourth-order valence-corrected chi connectivity index (χ4v) is 1.89. The third-order valence-corrected chi connectivity index (χ3v) is 3.12.